The third-order valence-electron chi connectivity index (χ3n) is 3.00. The third kappa shape index (κ3) is 5.99. The number of hydrogen-bond donors (Lipinski definition) is 3. The Labute approximate surface area is 159 Å². The summed E-state index contributed by atoms with van der Waals surface area (Å²) < 4.78 is 32.7. The van der Waals surface area contributed by atoms with Crippen LogP contribution in [-0.2, 0) is 4.79 Å². The van der Waals surface area contributed by atoms with Crippen LogP contribution in [-0.4, -0.2) is 28.1 Å². The molecule has 1 amide bonds. The molecule has 1 heterocycles. The van der Waals surface area contributed by atoms with E-state index in [9.17, 15) is 18.0 Å². The SMILES string of the molecule is Cc1cc(Br)cc(C)c1NC(=O)c1sc(N)nc1C.O=C(O)C(F)(F)F. The fourth-order valence-corrected chi connectivity index (χ4v) is 3.32. The topological polar surface area (TPSA) is 105 Å². The van der Waals surface area contributed by atoms with Crippen LogP contribution >= 0.6 is 27.3 Å². The number of benzene rings is 1. The molecule has 26 heavy (non-hydrogen) atoms. The molecule has 1 aromatic carbocycles. The normalized spacial score (nSPS) is 10.7. The summed E-state index contributed by atoms with van der Waals surface area (Å²) in [5, 5.41) is 10.5. The fourth-order valence-electron chi connectivity index (χ4n) is 1.91. The van der Waals surface area contributed by atoms with E-state index in [-0.39, 0.29) is 5.91 Å². The molecule has 0 radical (unpaired) electrons. The van der Waals surface area contributed by atoms with E-state index in [0.29, 0.717) is 15.7 Å². The van der Waals surface area contributed by atoms with Crippen LogP contribution in [0.1, 0.15) is 26.5 Å². The smallest absolute Gasteiger partial charge is 0.475 e. The number of hydrogen-bond acceptors (Lipinski definition) is 5. The molecule has 0 aliphatic rings. The molecule has 0 spiro atoms. The van der Waals surface area contributed by atoms with E-state index in [2.05, 4.69) is 26.2 Å². The van der Waals surface area contributed by atoms with Gasteiger partial charge in [-0.3, -0.25) is 4.79 Å². The molecule has 142 valence electrons. The molecular weight excluding hydrogens is 439 g/mol. The minimum atomic E-state index is -5.08. The number of aromatic nitrogens is 1. The summed E-state index contributed by atoms with van der Waals surface area (Å²) in [6, 6.07) is 3.94. The highest BCUT2D eigenvalue weighted by Gasteiger charge is 2.38. The summed E-state index contributed by atoms with van der Waals surface area (Å²) in [5.74, 6) is -2.92. The second kappa shape index (κ2) is 8.49. The lowest BCUT2D eigenvalue weighted by molar-refractivity contribution is -0.192. The number of rotatable bonds is 2. The number of carbonyl (C=O) groups is 2. The van der Waals surface area contributed by atoms with Crippen molar-refractivity contribution in [2.24, 2.45) is 0 Å². The maximum atomic E-state index is 12.2. The zero-order valence-electron chi connectivity index (χ0n) is 13.9. The molecule has 6 nitrogen and oxygen atoms in total. The predicted octanol–water partition coefficient (Wildman–Crippen LogP) is 4.30. The number of nitrogens with zero attached hydrogens (tertiary/aromatic N) is 1. The van der Waals surface area contributed by atoms with Crippen molar-refractivity contribution in [3.05, 3.63) is 38.3 Å². The zero-order chi connectivity index (χ0) is 20.2. The molecule has 0 unspecified atom stereocenters. The molecule has 0 saturated heterocycles. The summed E-state index contributed by atoms with van der Waals surface area (Å²) in [4.78, 5) is 25.7. The molecule has 0 fully saturated rings. The third-order valence-corrected chi connectivity index (χ3v) is 4.44. The van der Waals surface area contributed by atoms with Gasteiger partial charge in [-0.1, -0.05) is 27.3 Å². The number of carbonyl (C=O) groups excluding carboxylic acids is 1. The zero-order valence-corrected chi connectivity index (χ0v) is 16.3. The molecule has 11 heteroatoms. The van der Waals surface area contributed by atoms with Gasteiger partial charge >= 0.3 is 12.1 Å². The van der Waals surface area contributed by atoms with Gasteiger partial charge in [-0.15, -0.1) is 0 Å². The van der Waals surface area contributed by atoms with Gasteiger partial charge in [-0.25, -0.2) is 9.78 Å². The Morgan fingerprint density at radius 3 is 2.04 bits per heavy atom. The van der Waals surface area contributed by atoms with E-state index < -0.39 is 12.1 Å². The number of aryl methyl sites for hydroxylation is 3. The number of alkyl halides is 3. The van der Waals surface area contributed by atoms with E-state index in [4.69, 9.17) is 15.6 Å². The summed E-state index contributed by atoms with van der Waals surface area (Å²) in [7, 11) is 0. The second-order valence-electron chi connectivity index (χ2n) is 5.14. The lowest BCUT2D eigenvalue weighted by Gasteiger charge is -2.11. The molecule has 1 aromatic heterocycles. The quantitative estimate of drug-likeness (QED) is 0.628. The monoisotopic (exact) mass is 453 g/mol. The first kappa shape index (κ1) is 21.9. The largest absolute Gasteiger partial charge is 0.490 e. The van der Waals surface area contributed by atoms with Gasteiger partial charge in [0.1, 0.15) is 4.88 Å². The van der Waals surface area contributed by atoms with Gasteiger partial charge in [0, 0.05) is 10.2 Å². The highest BCUT2D eigenvalue weighted by Crippen LogP contribution is 2.27. The molecule has 0 saturated carbocycles. The molecule has 0 bridgehead atoms. The van der Waals surface area contributed by atoms with Crippen LogP contribution in [0.5, 0.6) is 0 Å². The van der Waals surface area contributed by atoms with Crippen molar-refractivity contribution in [1.82, 2.24) is 4.98 Å². The Balaban J connectivity index is 0.000000412. The highest BCUT2D eigenvalue weighted by molar-refractivity contribution is 9.10. The standard InChI is InChI=1S/C13H14BrN3OS.C2HF3O2/c1-6-4-9(14)5-7(2)10(6)17-12(18)11-8(3)16-13(15)19-11;3-2(4,5)1(6)7/h4-5H,1-3H3,(H2,15,16)(H,17,18);(H,6,7). The number of nitrogens with two attached hydrogens (primary N) is 1. The number of nitrogens with one attached hydrogen (secondary N) is 1. The number of aliphatic carboxylic acids is 1. The van der Waals surface area contributed by atoms with Crippen LogP contribution < -0.4 is 11.1 Å². The number of anilines is 2. The van der Waals surface area contributed by atoms with Crippen LogP contribution in [0.4, 0.5) is 24.0 Å². The molecule has 4 N–H and O–H groups in total. The molecule has 0 aliphatic heterocycles. The van der Waals surface area contributed by atoms with E-state index in [0.717, 1.165) is 21.3 Å². The lowest BCUT2D eigenvalue weighted by Crippen LogP contribution is -2.21. The van der Waals surface area contributed by atoms with E-state index >= 15 is 0 Å². The van der Waals surface area contributed by atoms with Crippen LogP contribution in [0, 0.1) is 20.8 Å². The van der Waals surface area contributed by atoms with Crippen molar-refractivity contribution in [1.29, 1.82) is 0 Å². The first-order chi connectivity index (χ1) is 11.8. The van der Waals surface area contributed by atoms with Gasteiger partial charge in [-0.05, 0) is 44.0 Å². The van der Waals surface area contributed by atoms with Crippen LogP contribution in [0.25, 0.3) is 0 Å². The van der Waals surface area contributed by atoms with Crippen LogP contribution in [0.2, 0.25) is 0 Å². The summed E-state index contributed by atoms with van der Waals surface area (Å²) in [5.41, 5.74) is 9.12. The lowest BCUT2D eigenvalue weighted by atomic mass is 10.1. The van der Waals surface area contributed by atoms with Gasteiger partial charge in [0.2, 0.25) is 0 Å². The van der Waals surface area contributed by atoms with E-state index in [1.165, 1.54) is 11.3 Å². The predicted molar refractivity (Wildman–Crippen MR) is 96.5 cm³/mol. The maximum Gasteiger partial charge on any atom is 0.490 e. The number of thiazole rings is 1. The number of carboxylic acid groups (broad SMARTS) is 1. The Morgan fingerprint density at radius 2 is 1.69 bits per heavy atom. The Morgan fingerprint density at radius 1 is 1.23 bits per heavy atom. The van der Waals surface area contributed by atoms with E-state index in [1.807, 2.05) is 26.0 Å². The van der Waals surface area contributed by atoms with Crippen LogP contribution in [0.3, 0.4) is 0 Å². The summed E-state index contributed by atoms with van der Waals surface area (Å²) >= 11 is 4.64. The van der Waals surface area contributed by atoms with Crippen molar-refractivity contribution in [2.75, 3.05) is 11.1 Å². The van der Waals surface area contributed by atoms with Crippen molar-refractivity contribution in [3.63, 3.8) is 0 Å². The number of carboxylic acids is 1. The molecule has 0 aliphatic carbocycles. The molecule has 0 atom stereocenters. The maximum absolute atomic E-state index is 12.2. The van der Waals surface area contributed by atoms with Crippen LogP contribution in [0.15, 0.2) is 16.6 Å². The fraction of sp³-hybridized carbons (Fsp3) is 0.267. The number of halogens is 4. The number of nitrogen functional groups attached to an aromatic ring is 1. The van der Waals surface area contributed by atoms with Crippen molar-refractivity contribution < 1.29 is 27.9 Å². The summed E-state index contributed by atoms with van der Waals surface area (Å²) in [6.45, 7) is 5.70. The average Bonchev–Trinajstić information content (AvgIpc) is 2.81. The van der Waals surface area contributed by atoms with Gasteiger partial charge in [0.05, 0.1) is 5.69 Å². The Bertz CT molecular complexity index is 814. The summed E-state index contributed by atoms with van der Waals surface area (Å²) in [6.07, 6.45) is -5.08. The number of amides is 1. The second-order valence-corrected chi connectivity index (χ2v) is 7.08. The first-order valence-electron chi connectivity index (χ1n) is 6.94. The van der Waals surface area contributed by atoms with Gasteiger partial charge in [0.15, 0.2) is 5.13 Å². The van der Waals surface area contributed by atoms with Gasteiger partial charge in [-0.2, -0.15) is 13.2 Å². The average molecular weight is 454 g/mol. The van der Waals surface area contributed by atoms with Gasteiger partial charge < -0.3 is 16.2 Å². The van der Waals surface area contributed by atoms with Gasteiger partial charge in [0.25, 0.3) is 5.91 Å². The molecule has 2 aromatic rings. The van der Waals surface area contributed by atoms with Crippen molar-refractivity contribution >= 4 is 50.0 Å². The first-order valence-corrected chi connectivity index (χ1v) is 8.55. The minimum absolute atomic E-state index is 0.166. The molecule has 2 rings (SSSR count). The van der Waals surface area contributed by atoms with Crippen molar-refractivity contribution in [3.8, 4) is 0 Å². The highest BCUT2D eigenvalue weighted by atomic mass is 79.9. The molecular formula is C15H15BrF3N3O3S. The Kier molecular flexibility index (Phi) is 7.16. The van der Waals surface area contributed by atoms with E-state index in [1.54, 1.807) is 6.92 Å². The minimum Gasteiger partial charge on any atom is -0.475 e. The Hall–Kier alpha value is -2.14. The van der Waals surface area contributed by atoms with Crippen molar-refractivity contribution in [2.45, 2.75) is 26.9 Å².